The summed E-state index contributed by atoms with van der Waals surface area (Å²) in [6.45, 7) is 0. The lowest BCUT2D eigenvalue weighted by atomic mass is 9.97. The maximum atomic E-state index is 11.8. The van der Waals surface area contributed by atoms with Crippen LogP contribution in [-0.2, 0) is 9.92 Å². The predicted molar refractivity (Wildman–Crippen MR) is 57.4 cm³/mol. The van der Waals surface area contributed by atoms with Crippen LogP contribution in [0.2, 0.25) is 0 Å². The minimum atomic E-state index is -2.76. The third-order valence-corrected chi connectivity index (χ3v) is 3.79. The van der Waals surface area contributed by atoms with E-state index in [-0.39, 0.29) is 0 Å². The summed E-state index contributed by atoms with van der Waals surface area (Å²) in [4.78, 5) is 0.558. The molecule has 0 amide bonds. The normalized spacial score (nSPS) is 15.6. The van der Waals surface area contributed by atoms with Crippen LogP contribution in [0.5, 0.6) is 0 Å². The molecule has 13 heavy (non-hydrogen) atoms. The zero-order valence-electron chi connectivity index (χ0n) is 8.07. The predicted octanol–water partition coefficient (Wildman–Crippen LogP) is -0.173. The van der Waals surface area contributed by atoms with E-state index < -0.39 is 9.92 Å². The van der Waals surface area contributed by atoms with E-state index in [0.29, 0.717) is 4.90 Å². The van der Waals surface area contributed by atoms with Crippen molar-refractivity contribution in [3.63, 3.8) is 0 Å². The minimum Gasteiger partial charge on any atom is -0.236 e. The van der Waals surface area contributed by atoms with Gasteiger partial charge in [0.2, 0.25) is 0 Å². The highest BCUT2D eigenvalue weighted by atomic mass is 32.2. The molecule has 0 aromatic heterocycles. The van der Waals surface area contributed by atoms with Gasteiger partial charge < -0.3 is 0 Å². The molecule has 5 heteroatoms. The van der Waals surface area contributed by atoms with Crippen LogP contribution in [0.3, 0.4) is 0 Å². The van der Waals surface area contributed by atoms with Gasteiger partial charge in [-0.15, -0.1) is 0 Å². The van der Waals surface area contributed by atoms with E-state index in [0.717, 1.165) is 5.46 Å². The average Bonchev–Trinajstić information content (AvgIpc) is 2.04. The lowest BCUT2D eigenvalue weighted by molar-refractivity contribution is 0.589. The quantitative estimate of drug-likeness (QED) is 0.655. The van der Waals surface area contributed by atoms with Gasteiger partial charge in [-0.25, -0.2) is 13.3 Å². The molecule has 0 fully saturated rings. The molecular weight excluding hydrogens is 183 g/mol. The summed E-state index contributed by atoms with van der Waals surface area (Å²) < 4.78 is 20.9. The van der Waals surface area contributed by atoms with Gasteiger partial charge in [-0.05, 0) is 12.1 Å². The van der Waals surface area contributed by atoms with Crippen molar-refractivity contribution in [1.29, 1.82) is 4.78 Å². The standard InChI is InChI=1S/C8H13BN2OS/c1-11(2)13(10,12)8-5-3-7(9)4-6-8/h3-6,10H,9H2,1-2H3. The van der Waals surface area contributed by atoms with E-state index >= 15 is 0 Å². The Balaban J connectivity index is 3.17. The molecule has 0 aliphatic heterocycles. The van der Waals surface area contributed by atoms with Gasteiger partial charge in [-0.1, -0.05) is 17.6 Å². The lowest BCUT2D eigenvalue weighted by Gasteiger charge is -2.14. The Bertz CT molecular complexity index is 383. The highest BCUT2D eigenvalue weighted by Gasteiger charge is 2.11. The molecule has 0 aliphatic carbocycles. The van der Waals surface area contributed by atoms with E-state index in [1.54, 1.807) is 26.2 Å². The Kier molecular flexibility index (Phi) is 2.78. The molecule has 1 N–H and O–H groups in total. The van der Waals surface area contributed by atoms with E-state index in [2.05, 4.69) is 0 Å². The molecule has 70 valence electrons. The molecule has 1 unspecified atom stereocenters. The number of rotatable bonds is 2. The van der Waals surface area contributed by atoms with Gasteiger partial charge >= 0.3 is 0 Å². The maximum Gasteiger partial charge on any atom is 0.139 e. The van der Waals surface area contributed by atoms with E-state index in [1.165, 1.54) is 4.31 Å². The maximum absolute atomic E-state index is 11.8. The van der Waals surface area contributed by atoms with Gasteiger partial charge in [-0.3, -0.25) is 0 Å². The lowest BCUT2D eigenvalue weighted by Crippen LogP contribution is -2.21. The molecule has 0 radical (unpaired) electrons. The van der Waals surface area contributed by atoms with Crippen molar-refractivity contribution in [3.8, 4) is 0 Å². The smallest absolute Gasteiger partial charge is 0.139 e. The van der Waals surface area contributed by atoms with Crippen molar-refractivity contribution < 1.29 is 4.21 Å². The largest absolute Gasteiger partial charge is 0.236 e. The van der Waals surface area contributed by atoms with Crippen LogP contribution in [0, 0.1) is 4.78 Å². The van der Waals surface area contributed by atoms with Gasteiger partial charge in [-0.2, -0.15) is 0 Å². The monoisotopic (exact) mass is 196 g/mol. The second-order valence-corrected chi connectivity index (χ2v) is 5.40. The number of nitrogens with zero attached hydrogens (tertiary/aromatic N) is 1. The summed E-state index contributed by atoms with van der Waals surface area (Å²) in [6.07, 6.45) is 0. The summed E-state index contributed by atoms with van der Waals surface area (Å²) in [6, 6.07) is 7.22. The van der Waals surface area contributed by atoms with Gasteiger partial charge in [0.05, 0.1) is 4.90 Å². The summed E-state index contributed by atoms with van der Waals surface area (Å²) in [5.74, 6) is 0. The molecule has 0 spiro atoms. The molecule has 1 atom stereocenters. The fourth-order valence-corrected chi connectivity index (χ4v) is 1.86. The Morgan fingerprint density at radius 1 is 1.31 bits per heavy atom. The van der Waals surface area contributed by atoms with Crippen LogP contribution in [0.1, 0.15) is 0 Å². The SMILES string of the molecule is Bc1ccc(S(=N)(=O)N(C)C)cc1. The van der Waals surface area contributed by atoms with Crippen molar-refractivity contribution in [3.05, 3.63) is 24.3 Å². The third-order valence-electron chi connectivity index (χ3n) is 1.85. The molecule has 0 bridgehead atoms. The summed E-state index contributed by atoms with van der Waals surface area (Å²) >= 11 is 0. The fraction of sp³-hybridized carbons (Fsp3) is 0.250. The highest BCUT2D eigenvalue weighted by molar-refractivity contribution is 7.90. The van der Waals surface area contributed by atoms with Gasteiger partial charge in [0, 0.05) is 14.1 Å². The summed E-state index contributed by atoms with van der Waals surface area (Å²) in [5.41, 5.74) is 1.11. The molecule has 0 saturated carbocycles. The van der Waals surface area contributed by atoms with Crippen LogP contribution in [0.4, 0.5) is 0 Å². The number of benzene rings is 1. The summed E-state index contributed by atoms with van der Waals surface area (Å²) in [5, 5.41) is 0. The second-order valence-electron chi connectivity index (χ2n) is 3.15. The van der Waals surface area contributed by atoms with Crippen molar-refractivity contribution in [2.45, 2.75) is 4.90 Å². The summed E-state index contributed by atoms with van der Waals surface area (Å²) in [7, 11) is 2.50. The van der Waals surface area contributed by atoms with Crippen molar-refractivity contribution in [2.24, 2.45) is 0 Å². The molecular formula is C8H13BN2OS. The number of hydrogen-bond donors (Lipinski definition) is 1. The Labute approximate surface area is 80.3 Å². The first-order valence-electron chi connectivity index (χ1n) is 3.97. The van der Waals surface area contributed by atoms with Crippen LogP contribution in [0.15, 0.2) is 29.2 Å². The first-order chi connectivity index (χ1) is 5.94. The van der Waals surface area contributed by atoms with Crippen LogP contribution < -0.4 is 5.46 Å². The number of nitrogens with one attached hydrogen (secondary N) is 1. The van der Waals surface area contributed by atoms with Gasteiger partial charge in [0.1, 0.15) is 17.8 Å². The average molecular weight is 196 g/mol. The Morgan fingerprint density at radius 3 is 2.15 bits per heavy atom. The molecule has 0 heterocycles. The number of hydrogen-bond acceptors (Lipinski definition) is 2. The molecule has 0 saturated heterocycles. The third kappa shape index (κ3) is 2.11. The first-order valence-corrected chi connectivity index (χ1v) is 5.49. The van der Waals surface area contributed by atoms with Crippen molar-refractivity contribution in [2.75, 3.05) is 14.1 Å². The van der Waals surface area contributed by atoms with E-state index in [1.807, 2.05) is 20.0 Å². The van der Waals surface area contributed by atoms with Crippen LogP contribution >= 0.6 is 0 Å². The Hall–Kier alpha value is -0.805. The highest BCUT2D eigenvalue weighted by Crippen LogP contribution is 2.11. The molecule has 3 nitrogen and oxygen atoms in total. The van der Waals surface area contributed by atoms with E-state index in [9.17, 15) is 4.21 Å². The molecule has 1 aromatic rings. The van der Waals surface area contributed by atoms with E-state index in [4.69, 9.17) is 4.78 Å². The molecule has 1 rings (SSSR count). The molecule has 1 aromatic carbocycles. The topological polar surface area (TPSA) is 44.2 Å². The zero-order chi connectivity index (χ0) is 10.1. The van der Waals surface area contributed by atoms with Crippen LogP contribution in [-0.4, -0.2) is 30.5 Å². The fourth-order valence-electron chi connectivity index (χ4n) is 0.934. The first kappa shape index (κ1) is 10.3. The minimum absolute atomic E-state index is 0.558. The second kappa shape index (κ2) is 3.51. The molecule has 0 aliphatic rings. The van der Waals surface area contributed by atoms with Crippen LogP contribution in [0.25, 0.3) is 0 Å². The van der Waals surface area contributed by atoms with Gasteiger partial charge in [0.25, 0.3) is 0 Å². The zero-order valence-corrected chi connectivity index (χ0v) is 8.89. The Morgan fingerprint density at radius 2 is 1.77 bits per heavy atom. The van der Waals surface area contributed by atoms with Crippen molar-refractivity contribution in [1.82, 2.24) is 4.31 Å². The van der Waals surface area contributed by atoms with Crippen molar-refractivity contribution >= 4 is 23.2 Å². The van der Waals surface area contributed by atoms with Gasteiger partial charge in [0.15, 0.2) is 0 Å².